The summed E-state index contributed by atoms with van der Waals surface area (Å²) in [5.41, 5.74) is 4.94. The molecule has 30 heavy (non-hydrogen) atoms. The first-order chi connectivity index (χ1) is 14.7. The summed E-state index contributed by atoms with van der Waals surface area (Å²) in [6, 6.07) is 10.7. The molecule has 1 aromatic carbocycles. The van der Waals surface area contributed by atoms with Gasteiger partial charge in [0.1, 0.15) is 5.52 Å². The summed E-state index contributed by atoms with van der Waals surface area (Å²) in [4.78, 5) is 21.1. The van der Waals surface area contributed by atoms with E-state index in [0.717, 1.165) is 73.8 Å². The Labute approximate surface area is 177 Å². The Hall–Kier alpha value is -2.77. The molecule has 156 valence electrons. The maximum absolute atomic E-state index is 9.54. The number of likely N-dealkylation sites (N-methyl/N-ethyl adjacent to an activating group) is 1. The number of benzene rings is 1. The van der Waals surface area contributed by atoms with E-state index in [1.165, 1.54) is 5.69 Å². The van der Waals surface area contributed by atoms with Gasteiger partial charge in [0.05, 0.1) is 11.2 Å². The van der Waals surface area contributed by atoms with Crippen molar-refractivity contribution in [3.05, 3.63) is 42.7 Å². The van der Waals surface area contributed by atoms with Gasteiger partial charge in [-0.1, -0.05) is 12.1 Å². The number of rotatable bonds is 4. The van der Waals surface area contributed by atoms with E-state index in [-0.39, 0.29) is 6.61 Å². The van der Waals surface area contributed by atoms with E-state index in [1.807, 2.05) is 6.07 Å². The van der Waals surface area contributed by atoms with E-state index in [1.54, 1.807) is 12.4 Å². The minimum Gasteiger partial charge on any atom is -0.396 e. The van der Waals surface area contributed by atoms with Crippen molar-refractivity contribution in [1.82, 2.24) is 19.9 Å². The summed E-state index contributed by atoms with van der Waals surface area (Å²) in [7, 11) is 2.18. The largest absolute Gasteiger partial charge is 0.396 e. The fourth-order valence-corrected chi connectivity index (χ4v) is 4.41. The first-order valence-electron chi connectivity index (χ1n) is 10.7. The molecule has 2 aliphatic heterocycles. The van der Waals surface area contributed by atoms with Crippen LogP contribution in [-0.2, 0) is 0 Å². The summed E-state index contributed by atoms with van der Waals surface area (Å²) >= 11 is 0. The zero-order valence-electron chi connectivity index (χ0n) is 17.4. The van der Waals surface area contributed by atoms with Gasteiger partial charge < -0.3 is 19.8 Å². The van der Waals surface area contributed by atoms with Gasteiger partial charge in [-0.2, -0.15) is 0 Å². The second-order valence-corrected chi connectivity index (χ2v) is 8.38. The van der Waals surface area contributed by atoms with Gasteiger partial charge in [0.2, 0.25) is 0 Å². The number of hydrogen-bond donors (Lipinski definition) is 1. The van der Waals surface area contributed by atoms with Crippen LogP contribution in [-0.4, -0.2) is 77.9 Å². The Bertz CT molecular complexity index is 1020. The van der Waals surface area contributed by atoms with E-state index in [2.05, 4.69) is 56.0 Å². The topological polar surface area (TPSA) is 68.6 Å². The smallest absolute Gasteiger partial charge is 0.157 e. The van der Waals surface area contributed by atoms with Gasteiger partial charge in [-0.15, -0.1) is 0 Å². The highest BCUT2D eigenvalue weighted by molar-refractivity contribution is 5.89. The predicted octanol–water partition coefficient (Wildman–Crippen LogP) is 2.26. The summed E-state index contributed by atoms with van der Waals surface area (Å²) in [5.74, 6) is 1.17. The molecular formula is C23H28N6O. The second kappa shape index (κ2) is 8.16. The normalized spacial score (nSPS) is 20.3. The molecule has 0 spiro atoms. The highest BCUT2D eigenvalue weighted by atomic mass is 16.3. The summed E-state index contributed by atoms with van der Waals surface area (Å²) < 4.78 is 0. The average Bonchev–Trinajstić information content (AvgIpc) is 3.28. The molecule has 7 nitrogen and oxygen atoms in total. The van der Waals surface area contributed by atoms with Crippen molar-refractivity contribution in [3.8, 4) is 11.3 Å². The molecular weight excluding hydrogens is 376 g/mol. The van der Waals surface area contributed by atoms with E-state index in [0.29, 0.717) is 5.92 Å². The van der Waals surface area contributed by atoms with Crippen LogP contribution in [0.2, 0.25) is 0 Å². The molecule has 5 rings (SSSR count). The van der Waals surface area contributed by atoms with Crippen molar-refractivity contribution in [1.29, 1.82) is 0 Å². The van der Waals surface area contributed by atoms with Gasteiger partial charge in [0.15, 0.2) is 5.82 Å². The van der Waals surface area contributed by atoms with Crippen LogP contribution in [0.5, 0.6) is 0 Å². The Balaban J connectivity index is 1.47. The van der Waals surface area contributed by atoms with Gasteiger partial charge in [-0.05, 0) is 31.7 Å². The van der Waals surface area contributed by atoms with Crippen LogP contribution >= 0.6 is 0 Å². The van der Waals surface area contributed by atoms with Crippen molar-refractivity contribution < 1.29 is 5.11 Å². The van der Waals surface area contributed by atoms with Gasteiger partial charge >= 0.3 is 0 Å². The summed E-state index contributed by atoms with van der Waals surface area (Å²) in [6.45, 7) is 6.22. The molecule has 2 aromatic heterocycles. The third kappa shape index (κ3) is 3.70. The fraction of sp³-hybridized carbons (Fsp3) is 0.435. The molecule has 2 aliphatic rings. The number of hydrogen-bond acceptors (Lipinski definition) is 7. The molecule has 1 N–H and O–H groups in total. The number of anilines is 2. The standard InChI is InChI=1S/C23H28N6O/c1-27-10-12-28(13-11-27)19-4-2-18(3-5-19)20-14-21-22(25-8-7-24-21)23(26-20)29-9-6-17(15-29)16-30/h2-5,7-8,14,17,30H,6,9-13,15-16H2,1H3. The highest BCUT2D eigenvalue weighted by Crippen LogP contribution is 2.31. The number of nitrogens with zero attached hydrogens (tertiary/aromatic N) is 6. The van der Waals surface area contributed by atoms with Gasteiger partial charge in [0, 0.05) is 75.4 Å². The number of aliphatic hydroxyl groups excluding tert-OH is 1. The molecule has 3 aromatic rings. The van der Waals surface area contributed by atoms with Crippen molar-refractivity contribution in [2.45, 2.75) is 6.42 Å². The molecule has 0 amide bonds. The molecule has 0 bridgehead atoms. The molecule has 4 heterocycles. The number of aromatic nitrogens is 3. The lowest BCUT2D eigenvalue weighted by molar-refractivity contribution is 0.238. The van der Waals surface area contributed by atoms with E-state index >= 15 is 0 Å². The van der Waals surface area contributed by atoms with Crippen molar-refractivity contribution >= 4 is 22.5 Å². The molecule has 0 saturated carbocycles. The van der Waals surface area contributed by atoms with Crippen LogP contribution in [0.3, 0.4) is 0 Å². The minimum absolute atomic E-state index is 0.216. The maximum Gasteiger partial charge on any atom is 0.157 e. The van der Waals surface area contributed by atoms with Crippen LogP contribution < -0.4 is 9.80 Å². The second-order valence-electron chi connectivity index (χ2n) is 8.38. The van der Waals surface area contributed by atoms with Crippen molar-refractivity contribution in [2.75, 3.05) is 62.7 Å². The summed E-state index contributed by atoms with van der Waals surface area (Å²) in [5, 5.41) is 9.54. The van der Waals surface area contributed by atoms with Crippen LogP contribution in [0.15, 0.2) is 42.7 Å². The van der Waals surface area contributed by atoms with Gasteiger partial charge in [-0.25, -0.2) is 9.97 Å². The Morgan fingerprint density at radius 3 is 2.47 bits per heavy atom. The monoisotopic (exact) mass is 404 g/mol. The predicted molar refractivity (Wildman–Crippen MR) is 120 cm³/mol. The van der Waals surface area contributed by atoms with Crippen LogP contribution in [0.4, 0.5) is 11.5 Å². The number of pyridine rings is 1. The van der Waals surface area contributed by atoms with Crippen LogP contribution in [0.25, 0.3) is 22.3 Å². The van der Waals surface area contributed by atoms with Gasteiger partial charge in [-0.3, -0.25) is 4.98 Å². The fourth-order valence-electron chi connectivity index (χ4n) is 4.41. The lowest BCUT2D eigenvalue weighted by Crippen LogP contribution is -2.44. The lowest BCUT2D eigenvalue weighted by atomic mass is 10.1. The quantitative estimate of drug-likeness (QED) is 0.715. The molecule has 2 fully saturated rings. The number of piperazine rings is 1. The van der Waals surface area contributed by atoms with E-state index < -0.39 is 0 Å². The maximum atomic E-state index is 9.54. The molecule has 7 heteroatoms. The Morgan fingerprint density at radius 2 is 1.73 bits per heavy atom. The molecule has 0 radical (unpaired) electrons. The van der Waals surface area contributed by atoms with Crippen LogP contribution in [0, 0.1) is 5.92 Å². The average molecular weight is 405 g/mol. The van der Waals surface area contributed by atoms with Crippen molar-refractivity contribution in [3.63, 3.8) is 0 Å². The molecule has 1 unspecified atom stereocenters. The SMILES string of the molecule is CN1CCN(c2ccc(-c3cc4nccnc4c(N4CCC(CO)C4)n3)cc2)CC1. The third-order valence-corrected chi connectivity index (χ3v) is 6.31. The Morgan fingerprint density at radius 1 is 0.967 bits per heavy atom. The van der Waals surface area contributed by atoms with Crippen molar-refractivity contribution in [2.24, 2.45) is 5.92 Å². The molecule has 2 saturated heterocycles. The molecule has 0 aliphatic carbocycles. The van der Waals surface area contributed by atoms with Gasteiger partial charge in [0.25, 0.3) is 0 Å². The van der Waals surface area contributed by atoms with E-state index in [4.69, 9.17) is 4.98 Å². The Kier molecular flexibility index (Phi) is 5.23. The number of aliphatic hydroxyl groups is 1. The first kappa shape index (κ1) is 19.2. The lowest BCUT2D eigenvalue weighted by Gasteiger charge is -2.34. The zero-order chi connectivity index (χ0) is 20.5. The first-order valence-corrected chi connectivity index (χ1v) is 10.7. The third-order valence-electron chi connectivity index (χ3n) is 6.31. The van der Waals surface area contributed by atoms with Crippen LogP contribution in [0.1, 0.15) is 6.42 Å². The molecule has 1 atom stereocenters. The minimum atomic E-state index is 0.216. The zero-order valence-corrected chi connectivity index (χ0v) is 17.4. The summed E-state index contributed by atoms with van der Waals surface area (Å²) in [6.07, 6.45) is 4.42. The van der Waals surface area contributed by atoms with E-state index in [9.17, 15) is 5.11 Å². The highest BCUT2D eigenvalue weighted by Gasteiger charge is 2.25. The number of fused-ring (bicyclic) bond motifs is 1.